The van der Waals surface area contributed by atoms with Crippen molar-refractivity contribution < 1.29 is 4.79 Å². The molecule has 1 aromatic rings. The Hall–Kier alpha value is -1.02. The molecule has 0 fully saturated rings. The van der Waals surface area contributed by atoms with E-state index in [4.69, 9.17) is 11.6 Å². The van der Waals surface area contributed by atoms with E-state index in [-0.39, 0.29) is 5.91 Å². The molecule has 0 aromatic heterocycles. The van der Waals surface area contributed by atoms with Gasteiger partial charge in [-0.1, -0.05) is 23.8 Å². The Balaban J connectivity index is 2.45. The van der Waals surface area contributed by atoms with Crippen molar-refractivity contribution in [2.45, 2.75) is 33.2 Å². The van der Waals surface area contributed by atoms with Gasteiger partial charge in [-0.25, -0.2) is 0 Å². The van der Waals surface area contributed by atoms with Crippen LogP contribution in [0.4, 0.5) is 0 Å². The molecule has 1 rings (SSSR count). The quantitative estimate of drug-likeness (QED) is 0.787. The fraction of sp³-hybridized carbons (Fsp3) is 0.462. The van der Waals surface area contributed by atoms with Gasteiger partial charge in [0, 0.05) is 18.8 Å². The van der Waals surface area contributed by atoms with Crippen molar-refractivity contribution in [2.75, 3.05) is 5.88 Å². The van der Waals surface area contributed by atoms with Crippen LogP contribution in [0.2, 0.25) is 0 Å². The highest BCUT2D eigenvalue weighted by Gasteiger charge is 2.02. The first-order chi connectivity index (χ1) is 7.63. The molecule has 0 bridgehead atoms. The lowest BCUT2D eigenvalue weighted by Gasteiger charge is -2.08. The number of carbonyl (C=O) groups excluding carboxylic acids is 1. The molecular formula is C13H18ClNO. The molecule has 0 aliphatic rings. The molecule has 1 N–H and O–H groups in total. The highest BCUT2D eigenvalue weighted by Crippen LogP contribution is 2.10. The smallest absolute Gasteiger partial charge is 0.220 e. The highest BCUT2D eigenvalue weighted by molar-refractivity contribution is 6.17. The van der Waals surface area contributed by atoms with Crippen LogP contribution in [0.15, 0.2) is 18.2 Å². The van der Waals surface area contributed by atoms with E-state index >= 15 is 0 Å². The van der Waals surface area contributed by atoms with Crippen molar-refractivity contribution in [3.05, 3.63) is 34.9 Å². The van der Waals surface area contributed by atoms with Gasteiger partial charge in [0.05, 0.1) is 0 Å². The number of hydrogen-bond donors (Lipinski definition) is 1. The number of alkyl halides is 1. The van der Waals surface area contributed by atoms with Gasteiger partial charge in [-0.2, -0.15) is 0 Å². The van der Waals surface area contributed by atoms with E-state index in [1.165, 1.54) is 16.7 Å². The summed E-state index contributed by atoms with van der Waals surface area (Å²) in [5.41, 5.74) is 3.64. The number of halogens is 1. The molecule has 16 heavy (non-hydrogen) atoms. The van der Waals surface area contributed by atoms with Gasteiger partial charge in [0.25, 0.3) is 0 Å². The summed E-state index contributed by atoms with van der Waals surface area (Å²) in [6.45, 7) is 4.73. The van der Waals surface area contributed by atoms with E-state index in [1.807, 2.05) is 0 Å². The van der Waals surface area contributed by atoms with Crippen molar-refractivity contribution in [3.63, 3.8) is 0 Å². The number of aryl methyl sites for hydroxylation is 2. The van der Waals surface area contributed by atoms with Gasteiger partial charge >= 0.3 is 0 Å². The minimum Gasteiger partial charge on any atom is -0.352 e. The van der Waals surface area contributed by atoms with Gasteiger partial charge in [-0.15, -0.1) is 11.6 Å². The molecule has 0 heterocycles. The molecule has 3 heteroatoms. The maximum Gasteiger partial charge on any atom is 0.220 e. The molecule has 0 unspecified atom stereocenters. The first-order valence-electron chi connectivity index (χ1n) is 5.52. The van der Waals surface area contributed by atoms with Crippen LogP contribution in [-0.2, 0) is 11.3 Å². The summed E-state index contributed by atoms with van der Waals surface area (Å²) in [6, 6.07) is 6.25. The van der Waals surface area contributed by atoms with Crippen molar-refractivity contribution in [3.8, 4) is 0 Å². The molecule has 88 valence electrons. The number of amides is 1. The molecule has 0 aliphatic carbocycles. The Morgan fingerprint density at radius 2 is 2.12 bits per heavy atom. The Morgan fingerprint density at radius 1 is 1.38 bits per heavy atom. The van der Waals surface area contributed by atoms with Crippen LogP contribution in [0.3, 0.4) is 0 Å². The third-order valence-electron chi connectivity index (χ3n) is 2.51. The van der Waals surface area contributed by atoms with Crippen LogP contribution < -0.4 is 5.32 Å². The van der Waals surface area contributed by atoms with Crippen molar-refractivity contribution in [2.24, 2.45) is 0 Å². The fourth-order valence-electron chi connectivity index (χ4n) is 1.55. The molecule has 0 spiro atoms. The van der Waals surface area contributed by atoms with Gasteiger partial charge < -0.3 is 5.32 Å². The molecule has 1 aromatic carbocycles. The van der Waals surface area contributed by atoms with E-state index < -0.39 is 0 Å². The van der Waals surface area contributed by atoms with E-state index in [0.717, 1.165) is 6.42 Å². The van der Waals surface area contributed by atoms with E-state index in [0.29, 0.717) is 18.8 Å². The fourth-order valence-corrected chi connectivity index (χ4v) is 1.69. The topological polar surface area (TPSA) is 29.1 Å². The maximum absolute atomic E-state index is 11.4. The third-order valence-corrected chi connectivity index (χ3v) is 2.78. The predicted octanol–water partition coefficient (Wildman–Crippen LogP) is 2.94. The lowest BCUT2D eigenvalue weighted by molar-refractivity contribution is -0.121. The summed E-state index contributed by atoms with van der Waals surface area (Å²) in [5.74, 6) is 0.609. The van der Waals surface area contributed by atoms with Crippen LogP contribution >= 0.6 is 11.6 Å². The van der Waals surface area contributed by atoms with Crippen molar-refractivity contribution in [1.29, 1.82) is 0 Å². The largest absolute Gasteiger partial charge is 0.352 e. The first-order valence-corrected chi connectivity index (χ1v) is 6.05. The number of benzene rings is 1. The highest BCUT2D eigenvalue weighted by atomic mass is 35.5. The van der Waals surface area contributed by atoms with Gasteiger partial charge in [-0.3, -0.25) is 4.79 Å². The summed E-state index contributed by atoms with van der Waals surface area (Å²) in [5, 5.41) is 2.90. The summed E-state index contributed by atoms with van der Waals surface area (Å²) >= 11 is 5.53. The Labute approximate surface area is 102 Å². The minimum atomic E-state index is 0.0700. The molecule has 0 saturated carbocycles. The van der Waals surface area contributed by atoms with Crippen LogP contribution in [0.5, 0.6) is 0 Å². The molecule has 0 saturated heterocycles. The van der Waals surface area contributed by atoms with Gasteiger partial charge in [0.2, 0.25) is 5.91 Å². The van der Waals surface area contributed by atoms with Gasteiger partial charge in [0.1, 0.15) is 0 Å². The molecule has 1 amide bonds. The molecule has 0 atom stereocenters. The Kier molecular flexibility index (Phi) is 5.33. The van der Waals surface area contributed by atoms with Crippen LogP contribution in [0.25, 0.3) is 0 Å². The zero-order chi connectivity index (χ0) is 12.0. The number of hydrogen-bond acceptors (Lipinski definition) is 1. The second kappa shape index (κ2) is 6.54. The predicted molar refractivity (Wildman–Crippen MR) is 67.7 cm³/mol. The van der Waals surface area contributed by atoms with E-state index in [1.54, 1.807) is 0 Å². The Bertz CT molecular complexity index is 363. The lowest BCUT2D eigenvalue weighted by atomic mass is 10.1. The molecule has 0 aliphatic heterocycles. The van der Waals surface area contributed by atoms with E-state index in [9.17, 15) is 4.79 Å². The molecule has 2 nitrogen and oxygen atoms in total. The number of rotatable bonds is 5. The van der Waals surface area contributed by atoms with Crippen LogP contribution in [-0.4, -0.2) is 11.8 Å². The molecular weight excluding hydrogens is 222 g/mol. The van der Waals surface area contributed by atoms with Crippen molar-refractivity contribution >= 4 is 17.5 Å². The normalized spacial score (nSPS) is 10.2. The second-order valence-electron chi connectivity index (χ2n) is 4.00. The number of carbonyl (C=O) groups is 1. The van der Waals surface area contributed by atoms with Crippen LogP contribution in [0, 0.1) is 13.8 Å². The van der Waals surface area contributed by atoms with Gasteiger partial charge in [-0.05, 0) is 31.4 Å². The first kappa shape index (κ1) is 13.0. The minimum absolute atomic E-state index is 0.0700. The zero-order valence-electron chi connectivity index (χ0n) is 9.85. The van der Waals surface area contributed by atoms with Gasteiger partial charge in [0.15, 0.2) is 0 Å². The summed E-state index contributed by atoms with van der Waals surface area (Å²) in [6.07, 6.45) is 1.24. The lowest BCUT2D eigenvalue weighted by Crippen LogP contribution is -2.22. The standard InChI is InChI=1S/C13H18ClNO/c1-10-5-6-12(11(2)8-10)9-15-13(16)4-3-7-14/h5-6,8H,3-4,7,9H2,1-2H3,(H,15,16). The monoisotopic (exact) mass is 239 g/mol. The maximum atomic E-state index is 11.4. The zero-order valence-corrected chi connectivity index (χ0v) is 10.6. The van der Waals surface area contributed by atoms with Crippen molar-refractivity contribution in [1.82, 2.24) is 5.32 Å². The average Bonchev–Trinajstić information content (AvgIpc) is 2.25. The SMILES string of the molecule is Cc1ccc(CNC(=O)CCCCl)c(C)c1. The average molecular weight is 240 g/mol. The summed E-state index contributed by atoms with van der Waals surface area (Å²) < 4.78 is 0. The summed E-state index contributed by atoms with van der Waals surface area (Å²) in [7, 11) is 0. The second-order valence-corrected chi connectivity index (χ2v) is 4.38. The Morgan fingerprint density at radius 3 is 2.75 bits per heavy atom. The van der Waals surface area contributed by atoms with E-state index in [2.05, 4.69) is 37.4 Å². The third kappa shape index (κ3) is 4.23. The van der Waals surface area contributed by atoms with Crippen LogP contribution in [0.1, 0.15) is 29.5 Å². The summed E-state index contributed by atoms with van der Waals surface area (Å²) in [4.78, 5) is 11.4. The number of nitrogens with one attached hydrogen (secondary N) is 1. The molecule has 0 radical (unpaired) electrons.